The molecule has 1 aromatic heterocycles. The summed E-state index contributed by atoms with van der Waals surface area (Å²) in [5.41, 5.74) is 0.259. The number of allylic oxidation sites excluding steroid dienone is 3. The highest BCUT2D eigenvalue weighted by molar-refractivity contribution is 7.15. The summed E-state index contributed by atoms with van der Waals surface area (Å²) in [4.78, 5) is 23.7. The van der Waals surface area contributed by atoms with Crippen LogP contribution in [0.3, 0.4) is 0 Å². The van der Waals surface area contributed by atoms with Gasteiger partial charge in [0.1, 0.15) is 17.3 Å². The number of carbonyl (C=O) groups excluding carboxylic acids is 1. The third-order valence-corrected chi connectivity index (χ3v) is 7.79. The lowest BCUT2D eigenvalue weighted by molar-refractivity contribution is -0.0913. The Bertz CT molecular complexity index is 1300. The molecule has 0 aliphatic carbocycles. The molecule has 2 heterocycles. The first kappa shape index (κ1) is 31.4. The van der Waals surface area contributed by atoms with E-state index in [2.05, 4.69) is 15.3 Å². The second-order valence-corrected chi connectivity index (χ2v) is 11.0. The van der Waals surface area contributed by atoms with Crippen molar-refractivity contribution < 1.29 is 31.1 Å². The summed E-state index contributed by atoms with van der Waals surface area (Å²) in [6, 6.07) is 4.74. The van der Waals surface area contributed by atoms with Crippen molar-refractivity contribution in [3.63, 3.8) is 0 Å². The van der Waals surface area contributed by atoms with Gasteiger partial charge in [-0.1, -0.05) is 32.1 Å². The van der Waals surface area contributed by atoms with E-state index < -0.39 is 54.3 Å². The summed E-state index contributed by atoms with van der Waals surface area (Å²) in [7, 11) is 0. The van der Waals surface area contributed by atoms with Crippen LogP contribution in [0.5, 0.6) is 0 Å². The summed E-state index contributed by atoms with van der Waals surface area (Å²) < 4.78 is 82.6. The largest absolute Gasteiger partial charge is 0.417 e. The van der Waals surface area contributed by atoms with E-state index in [4.69, 9.17) is 0 Å². The maximum Gasteiger partial charge on any atom is 0.417 e. The van der Waals surface area contributed by atoms with Crippen LogP contribution in [0.4, 0.5) is 26.3 Å². The van der Waals surface area contributed by atoms with Crippen LogP contribution in [-0.4, -0.2) is 53.2 Å². The maximum absolute atomic E-state index is 14.8. The van der Waals surface area contributed by atoms with Gasteiger partial charge in [0.25, 0.3) is 11.8 Å². The van der Waals surface area contributed by atoms with Gasteiger partial charge in [0.15, 0.2) is 0 Å². The first-order valence-corrected chi connectivity index (χ1v) is 13.6. The van der Waals surface area contributed by atoms with Crippen molar-refractivity contribution in [2.24, 2.45) is 10.9 Å². The average molecular weight is 587 g/mol. The molecule has 1 N–H and O–H groups in total. The van der Waals surface area contributed by atoms with Gasteiger partial charge in [-0.05, 0) is 56.4 Å². The predicted octanol–water partition coefficient (Wildman–Crippen LogP) is 7.55. The van der Waals surface area contributed by atoms with Gasteiger partial charge in [-0.3, -0.25) is 4.79 Å². The van der Waals surface area contributed by atoms with Crippen molar-refractivity contribution in [1.29, 1.82) is 0 Å². The number of aliphatic imine (C=N–C) groups is 1. The number of benzene rings is 1. The Hall–Kier alpha value is -3.15. The van der Waals surface area contributed by atoms with Crippen LogP contribution in [0, 0.1) is 18.7 Å². The molecular formula is C28H32F6N4OS. The number of piperidine rings is 1. The molecular weight excluding hydrogens is 554 g/mol. The van der Waals surface area contributed by atoms with Crippen LogP contribution in [0.25, 0.3) is 10.4 Å². The first-order valence-electron chi connectivity index (χ1n) is 12.8. The molecule has 1 aromatic carbocycles. The number of hydrogen-bond acceptors (Lipinski definition) is 5. The van der Waals surface area contributed by atoms with Crippen molar-refractivity contribution in [3.05, 3.63) is 63.8 Å². The van der Waals surface area contributed by atoms with Crippen LogP contribution in [-0.2, 0) is 0 Å². The van der Waals surface area contributed by atoms with Crippen molar-refractivity contribution >= 4 is 23.5 Å². The Balaban J connectivity index is 1.94. The van der Waals surface area contributed by atoms with Crippen molar-refractivity contribution in [2.75, 3.05) is 13.1 Å². The fraction of sp³-hybridized carbons (Fsp3) is 0.464. The average Bonchev–Trinajstić information content (AvgIpc) is 3.26. The van der Waals surface area contributed by atoms with Crippen molar-refractivity contribution in [2.45, 2.75) is 65.6 Å². The number of rotatable bonds is 8. The SMILES string of the molecule is C\C=C(/C=N\C(NCC1[C@H](C)CC(F)(F)CN1C(=O)c1nc(C)sc1-c1ccc(F)cc1)=C(\C)CC)C(F)(F)F. The predicted molar refractivity (Wildman–Crippen MR) is 145 cm³/mol. The van der Waals surface area contributed by atoms with Gasteiger partial charge in [-0.2, -0.15) is 13.2 Å². The Morgan fingerprint density at radius 3 is 2.50 bits per heavy atom. The number of likely N-dealkylation sites (tertiary alicyclic amines) is 1. The molecule has 0 saturated carbocycles. The number of nitrogens with one attached hydrogen (secondary N) is 1. The molecule has 1 unspecified atom stereocenters. The zero-order valence-electron chi connectivity index (χ0n) is 22.9. The number of aromatic nitrogens is 1. The Kier molecular flexibility index (Phi) is 9.86. The summed E-state index contributed by atoms with van der Waals surface area (Å²) in [5.74, 6) is -4.77. The molecule has 2 aromatic rings. The van der Waals surface area contributed by atoms with Crippen LogP contribution in [0.1, 0.15) is 56.0 Å². The fourth-order valence-corrected chi connectivity index (χ4v) is 5.42. The minimum Gasteiger partial charge on any atom is -0.368 e. The van der Waals surface area contributed by atoms with E-state index in [0.29, 0.717) is 27.4 Å². The van der Waals surface area contributed by atoms with Crippen LogP contribution in [0.15, 0.2) is 52.3 Å². The first-order chi connectivity index (χ1) is 18.7. The van der Waals surface area contributed by atoms with E-state index in [1.54, 1.807) is 20.8 Å². The summed E-state index contributed by atoms with van der Waals surface area (Å²) in [6.07, 6.45) is -2.94. The quantitative estimate of drug-likeness (QED) is 0.257. The number of hydrogen-bond donors (Lipinski definition) is 1. The van der Waals surface area contributed by atoms with E-state index in [-0.39, 0.29) is 18.1 Å². The van der Waals surface area contributed by atoms with E-state index >= 15 is 0 Å². The molecule has 40 heavy (non-hydrogen) atoms. The number of aryl methyl sites for hydroxylation is 1. The molecule has 1 aliphatic heterocycles. The molecule has 12 heteroatoms. The molecule has 1 saturated heterocycles. The minimum atomic E-state index is -4.58. The summed E-state index contributed by atoms with van der Waals surface area (Å²) in [5, 5.41) is 3.55. The minimum absolute atomic E-state index is 0.00886. The second-order valence-electron chi connectivity index (χ2n) is 9.82. The van der Waals surface area contributed by atoms with Gasteiger partial charge in [-0.15, -0.1) is 11.3 Å². The molecule has 2 atom stereocenters. The van der Waals surface area contributed by atoms with Crippen molar-refractivity contribution in [1.82, 2.24) is 15.2 Å². The molecule has 0 spiro atoms. The lowest BCUT2D eigenvalue weighted by Crippen LogP contribution is -2.58. The normalized spacial score (nSPS) is 20.6. The van der Waals surface area contributed by atoms with Gasteiger partial charge in [0.2, 0.25) is 0 Å². The smallest absolute Gasteiger partial charge is 0.368 e. The lowest BCUT2D eigenvalue weighted by atomic mass is 9.88. The Morgan fingerprint density at radius 1 is 1.27 bits per heavy atom. The highest BCUT2D eigenvalue weighted by Gasteiger charge is 2.47. The van der Waals surface area contributed by atoms with Gasteiger partial charge in [0.05, 0.1) is 28.0 Å². The fourth-order valence-electron chi connectivity index (χ4n) is 4.50. The molecule has 1 fully saturated rings. The van der Waals surface area contributed by atoms with Gasteiger partial charge < -0.3 is 10.2 Å². The van der Waals surface area contributed by atoms with Crippen LogP contribution < -0.4 is 5.32 Å². The van der Waals surface area contributed by atoms with E-state index in [1.807, 2.05) is 6.92 Å². The number of alkyl halides is 5. The molecule has 1 aliphatic rings. The molecule has 1 amide bonds. The highest BCUT2D eigenvalue weighted by atomic mass is 32.1. The monoisotopic (exact) mass is 586 g/mol. The molecule has 3 rings (SSSR count). The van der Waals surface area contributed by atoms with E-state index in [1.165, 1.54) is 42.5 Å². The second kappa shape index (κ2) is 12.6. The topological polar surface area (TPSA) is 57.6 Å². The Labute approximate surface area is 233 Å². The number of carbonyl (C=O) groups is 1. The maximum atomic E-state index is 14.8. The van der Waals surface area contributed by atoms with Gasteiger partial charge >= 0.3 is 6.18 Å². The third kappa shape index (κ3) is 7.52. The third-order valence-electron chi connectivity index (χ3n) is 6.77. The van der Waals surface area contributed by atoms with Crippen LogP contribution in [0.2, 0.25) is 0 Å². The standard InChI is InChI=1S/C28H32F6N4OS/c1-6-16(3)25(35-13-20(7-2)28(32,33)34)36-14-22-17(4)12-27(30,31)15-38(22)26(39)23-24(40-18(5)37-23)19-8-10-21(29)11-9-19/h7-11,13,17,22,36H,6,12,14-15H2,1-5H3/b20-7+,25-16+,35-13-/t17-,22?/m1/s1. The van der Waals surface area contributed by atoms with Gasteiger partial charge in [0, 0.05) is 19.2 Å². The highest BCUT2D eigenvalue weighted by Crippen LogP contribution is 2.37. The number of halogens is 6. The zero-order chi connectivity index (χ0) is 29.8. The zero-order valence-corrected chi connectivity index (χ0v) is 23.7. The summed E-state index contributed by atoms with van der Waals surface area (Å²) >= 11 is 1.20. The van der Waals surface area contributed by atoms with Gasteiger partial charge in [-0.25, -0.2) is 23.1 Å². The molecule has 5 nitrogen and oxygen atoms in total. The summed E-state index contributed by atoms with van der Waals surface area (Å²) in [6.45, 7) is 7.21. The number of thiazole rings is 1. The molecule has 0 radical (unpaired) electrons. The Morgan fingerprint density at radius 2 is 1.93 bits per heavy atom. The van der Waals surface area contributed by atoms with E-state index in [0.717, 1.165) is 17.2 Å². The number of nitrogens with zero attached hydrogens (tertiary/aromatic N) is 3. The molecule has 0 bridgehead atoms. The van der Waals surface area contributed by atoms with E-state index in [9.17, 15) is 31.1 Å². The number of amides is 1. The van der Waals surface area contributed by atoms with Crippen LogP contribution >= 0.6 is 11.3 Å². The molecule has 218 valence electrons. The van der Waals surface area contributed by atoms with Crippen molar-refractivity contribution in [3.8, 4) is 10.4 Å². The lowest BCUT2D eigenvalue weighted by Gasteiger charge is -2.43.